The van der Waals surface area contributed by atoms with E-state index in [9.17, 15) is 4.79 Å². The van der Waals surface area contributed by atoms with E-state index in [2.05, 4.69) is 20.7 Å². The lowest BCUT2D eigenvalue weighted by Crippen LogP contribution is -2.19. The van der Waals surface area contributed by atoms with Gasteiger partial charge >= 0.3 is 0 Å². The summed E-state index contributed by atoms with van der Waals surface area (Å²) in [6, 6.07) is 13.1. The van der Waals surface area contributed by atoms with Crippen LogP contribution < -0.4 is 19.6 Å². The summed E-state index contributed by atoms with van der Waals surface area (Å²) in [5.41, 5.74) is 5.93. The van der Waals surface area contributed by atoms with Gasteiger partial charge in [0, 0.05) is 16.7 Å². The number of nitrogens with one attached hydrogen (secondary N) is 2. The molecule has 0 saturated heterocycles. The van der Waals surface area contributed by atoms with Crippen LogP contribution in [0.15, 0.2) is 47.6 Å². The van der Waals surface area contributed by atoms with Crippen molar-refractivity contribution < 1.29 is 19.0 Å². The third-order valence-corrected chi connectivity index (χ3v) is 4.35. The highest BCUT2D eigenvalue weighted by atomic mass is 16.5. The highest BCUT2D eigenvalue weighted by Gasteiger charge is 2.16. The van der Waals surface area contributed by atoms with Crippen molar-refractivity contribution in [2.75, 3.05) is 21.3 Å². The summed E-state index contributed by atoms with van der Waals surface area (Å²) in [7, 11) is 4.60. The summed E-state index contributed by atoms with van der Waals surface area (Å²) in [5.74, 6) is 1.09. The largest absolute Gasteiger partial charge is 0.493 e. The second-order valence-electron chi connectivity index (χ2n) is 6.10. The Labute approximate surface area is 168 Å². The number of nitrogens with zero attached hydrogens (tertiary/aromatic N) is 2. The van der Waals surface area contributed by atoms with Gasteiger partial charge in [0.25, 0.3) is 5.91 Å². The highest BCUT2D eigenvalue weighted by molar-refractivity contribution is 5.96. The van der Waals surface area contributed by atoms with E-state index >= 15 is 0 Å². The molecule has 0 aliphatic carbocycles. The highest BCUT2D eigenvalue weighted by Crippen LogP contribution is 2.37. The zero-order valence-corrected chi connectivity index (χ0v) is 16.6. The summed E-state index contributed by atoms with van der Waals surface area (Å²) in [6.07, 6.45) is 1.49. The molecule has 3 aromatic rings. The fourth-order valence-corrected chi connectivity index (χ4v) is 2.89. The quantitative estimate of drug-likeness (QED) is 0.474. The van der Waals surface area contributed by atoms with Crippen molar-refractivity contribution in [3.63, 3.8) is 0 Å². The zero-order chi connectivity index (χ0) is 20.8. The van der Waals surface area contributed by atoms with Gasteiger partial charge in [-0.1, -0.05) is 30.3 Å². The first kappa shape index (κ1) is 19.9. The first-order chi connectivity index (χ1) is 14.1. The van der Waals surface area contributed by atoms with Gasteiger partial charge in [0.1, 0.15) is 5.69 Å². The van der Waals surface area contributed by atoms with Crippen LogP contribution in [0.3, 0.4) is 0 Å². The van der Waals surface area contributed by atoms with Crippen molar-refractivity contribution in [2.24, 2.45) is 5.10 Å². The number of hydrazone groups is 1. The summed E-state index contributed by atoms with van der Waals surface area (Å²) in [4.78, 5) is 12.5. The van der Waals surface area contributed by atoms with Crippen LogP contribution in [0, 0.1) is 6.92 Å². The van der Waals surface area contributed by atoms with Crippen molar-refractivity contribution in [1.82, 2.24) is 15.6 Å². The van der Waals surface area contributed by atoms with Crippen LogP contribution in [0.5, 0.6) is 17.2 Å². The Balaban J connectivity index is 1.76. The fraction of sp³-hybridized carbons (Fsp3) is 0.190. The monoisotopic (exact) mass is 394 g/mol. The van der Waals surface area contributed by atoms with Gasteiger partial charge in [0.05, 0.1) is 33.2 Å². The number of benzene rings is 2. The number of hydrogen-bond donors (Lipinski definition) is 2. The molecule has 1 amide bonds. The van der Waals surface area contributed by atoms with Crippen LogP contribution >= 0.6 is 0 Å². The van der Waals surface area contributed by atoms with Gasteiger partial charge in [-0.2, -0.15) is 10.2 Å². The topological polar surface area (TPSA) is 97.8 Å². The van der Waals surface area contributed by atoms with Gasteiger partial charge in [-0.3, -0.25) is 9.89 Å². The van der Waals surface area contributed by atoms with Crippen LogP contribution in [0.25, 0.3) is 11.3 Å². The molecule has 8 heteroatoms. The summed E-state index contributed by atoms with van der Waals surface area (Å²) >= 11 is 0. The van der Waals surface area contributed by atoms with Gasteiger partial charge in [0.2, 0.25) is 5.75 Å². The van der Waals surface area contributed by atoms with E-state index in [1.54, 1.807) is 12.1 Å². The molecule has 0 fully saturated rings. The summed E-state index contributed by atoms with van der Waals surface area (Å²) < 4.78 is 15.9. The molecule has 2 aromatic carbocycles. The zero-order valence-electron chi connectivity index (χ0n) is 16.6. The number of ether oxygens (including phenoxy) is 3. The molecule has 0 atom stereocenters. The van der Waals surface area contributed by atoms with E-state index in [0.29, 0.717) is 28.5 Å². The Morgan fingerprint density at radius 2 is 1.72 bits per heavy atom. The normalized spacial score (nSPS) is 10.8. The molecule has 1 heterocycles. The van der Waals surface area contributed by atoms with Crippen LogP contribution in [-0.4, -0.2) is 43.6 Å². The molecule has 150 valence electrons. The Morgan fingerprint density at radius 1 is 1.07 bits per heavy atom. The summed E-state index contributed by atoms with van der Waals surface area (Å²) in [6.45, 7) is 1.84. The maximum absolute atomic E-state index is 12.5. The lowest BCUT2D eigenvalue weighted by molar-refractivity contribution is 0.0949. The number of rotatable bonds is 7. The molecule has 0 spiro atoms. The number of aromatic nitrogens is 2. The molecule has 0 bridgehead atoms. The molecule has 29 heavy (non-hydrogen) atoms. The second-order valence-corrected chi connectivity index (χ2v) is 6.10. The molecule has 0 unspecified atom stereocenters. The first-order valence-electron chi connectivity index (χ1n) is 8.82. The van der Waals surface area contributed by atoms with Gasteiger partial charge in [-0.25, -0.2) is 5.43 Å². The molecular formula is C21H22N4O4. The van der Waals surface area contributed by atoms with Crippen LogP contribution in [-0.2, 0) is 0 Å². The number of aromatic amines is 1. The van der Waals surface area contributed by atoms with Gasteiger partial charge < -0.3 is 14.2 Å². The lowest BCUT2D eigenvalue weighted by Gasteiger charge is -2.12. The minimum Gasteiger partial charge on any atom is -0.493 e. The van der Waals surface area contributed by atoms with E-state index < -0.39 is 0 Å². The van der Waals surface area contributed by atoms with Crippen molar-refractivity contribution >= 4 is 12.1 Å². The molecule has 1 aromatic heterocycles. The Bertz CT molecular complexity index is 1000. The molecule has 0 aliphatic rings. The average molecular weight is 394 g/mol. The van der Waals surface area contributed by atoms with Crippen LogP contribution in [0.1, 0.15) is 21.6 Å². The van der Waals surface area contributed by atoms with Crippen molar-refractivity contribution in [2.45, 2.75) is 6.92 Å². The predicted molar refractivity (Wildman–Crippen MR) is 110 cm³/mol. The minimum atomic E-state index is -0.388. The van der Waals surface area contributed by atoms with Gasteiger partial charge in [-0.05, 0) is 19.1 Å². The number of H-pyrrole nitrogens is 1. The minimum absolute atomic E-state index is 0.353. The molecule has 0 radical (unpaired) electrons. The molecule has 2 N–H and O–H groups in total. The molecule has 0 aliphatic heterocycles. The number of carbonyl (C=O) groups excluding carboxylic acids is 1. The van der Waals surface area contributed by atoms with Crippen molar-refractivity contribution in [3.05, 3.63) is 59.3 Å². The van der Waals surface area contributed by atoms with E-state index in [-0.39, 0.29) is 5.91 Å². The molecular weight excluding hydrogens is 372 g/mol. The summed E-state index contributed by atoms with van der Waals surface area (Å²) in [5, 5.41) is 11.1. The SMILES string of the molecule is COc1cc(C=NNC(=O)c2[nH]nc(-c3ccccc3)c2C)cc(OC)c1OC. The maximum atomic E-state index is 12.5. The van der Waals surface area contributed by atoms with Gasteiger partial charge in [-0.15, -0.1) is 0 Å². The van der Waals surface area contributed by atoms with E-state index in [0.717, 1.165) is 16.8 Å². The Hall–Kier alpha value is -3.81. The van der Waals surface area contributed by atoms with Crippen LogP contribution in [0.2, 0.25) is 0 Å². The van der Waals surface area contributed by atoms with E-state index in [1.165, 1.54) is 27.5 Å². The maximum Gasteiger partial charge on any atom is 0.289 e. The average Bonchev–Trinajstić information content (AvgIpc) is 3.14. The third kappa shape index (κ3) is 4.21. The van der Waals surface area contributed by atoms with E-state index in [1.807, 2.05) is 37.3 Å². The van der Waals surface area contributed by atoms with E-state index in [4.69, 9.17) is 14.2 Å². The fourth-order valence-electron chi connectivity index (χ4n) is 2.89. The third-order valence-electron chi connectivity index (χ3n) is 4.35. The molecule has 8 nitrogen and oxygen atoms in total. The number of amides is 1. The second kappa shape index (κ2) is 8.92. The number of methoxy groups -OCH3 is 3. The van der Waals surface area contributed by atoms with Gasteiger partial charge in [0.15, 0.2) is 11.5 Å². The van der Waals surface area contributed by atoms with Crippen molar-refractivity contribution in [1.29, 1.82) is 0 Å². The standard InChI is InChI=1S/C21H22N4O4/c1-13-18(15-8-6-5-7-9-15)23-24-19(13)21(26)25-22-12-14-10-16(27-2)20(29-4)17(11-14)28-3/h5-12H,1-4H3,(H,23,24)(H,25,26). The smallest absolute Gasteiger partial charge is 0.289 e. The Morgan fingerprint density at radius 3 is 2.31 bits per heavy atom. The number of carbonyl (C=O) groups is 1. The first-order valence-corrected chi connectivity index (χ1v) is 8.82. The lowest BCUT2D eigenvalue weighted by atomic mass is 10.1. The van der Waals surface area contributed by atoms with Crippen LogP contribution in [0.4, 0.5) is 0 Å². The number of hydrogen-bond acceptors (Lipinski definition) is 6. The predicted octanol–water partition coefficient (Wildman–Crippen LogP) is 3.17. The molecule has 3 rings (SSSR count). The van der Waals surface area contributed by atoms with Crippen molar-refractivity contribution in [3.8, 4) is 28.5 Å². The Kier molecular flexibility index (Phi) is 6.13. The molecule has 0 saturated carbocycles.